The fourth-order valence-electron chi connectivity index (χ4n) is 2.94. The van der Waals surface area contributed by atoms with Gasteiger partial charge in [-0.15, -0.1) is 0 Å². The summed E-state index contributed by atoms with van der Waals surface area (Å²) >= 11 is 0. The lowest BCUT2D eigenvalue weighted by molar-refractivity contribution is 0.775. The van der Waals surface area contributed by atoms with Crippen molar-refractivity contribution < 1.29 is 0 Å². The number of nitrogens with zero attached hydrogens (tertiary/aromatic N) is 3. The summed E-state index contributed by atoms with van der Waals surface area (Å²) in [5.41, 5.74) is 11.3. The Bertz CT molecular complexity index is 1020. The van der Waals surface area contributed by atoms with Gasteiger partial charge >= 0.3 is 0 Å². The van der Waals surface area contributed by atoms with Crippen LogP contribution in [-0.2, 0) is 7.05 Å². The maximum Gasteiger partial charge on any atom is 0.160 e. The van der Waals surface area contributed by atoms with Gasteiger partial charge in [0.2, 0.25) is 0 Å². The van der Waals surface area contributed by atoms with Gasteiger partial charge in [-0.2, -0.15) is 5.10 Å². The molecular weight excluding hydrogens is 286 g/mol. The highest BCUT2D eigenvalue weighted by molar-refractivity contribution is 6.08. The van der Waals surface area contributed by atoms with E-state index in [4.69, 9.17) is 10.7 Å². The first kappa shape index (κ1) is 13.6. The van der Waals surface area contributed by atoms with Crippen LogP contribution in [0.5, 0.6) is 0 Å². The number of rotatable bonds is 2. The highest BCUT2D eigenvalue weighted by Gasteiger charge is 2.15. The average molecular weight is 303 g/mol. The van der Waals surface area contributed by atoms with Crippen LogP contribution in [0.25, 0.3) is 21.9 Å². The molecule has 2 aromatic carbocycles. The molecule has 0 aliphatic heterocycles. The standard InChI is InChI=1S/C18H17N5/c1-11-16-17(20-13-9-7-12(19)8-10-13)14-5-3-4-6-15(14)21-18(16)23(2)22-11/h3-10H,19H2,1-2H3,(H,20,21). The smallest absolute Gasteiger partial charge is 0.160 e. The fourth-order valence-corrected chi connectivity index (χ4v) is 2.94. The molecule has 3 N–H and O–H groups in total. The summed E-state index contributed by atoms with van der Waals surface area (Å²) in [7, 11) is 1.92. The Kier molecular flexibility index (Phi) is 2.94. The molecule has 2 aromatic heterocycles. The monoisotopic (exact) mass is 303 g/mol. The van der Waals surface area contributed by atoms with Crippen molar-refractivity contribution in [3.05, 3.63) is 54.2 Å². The predicted octanol–water partition coefficient (Wildman–Crippen LogP) is 3.76. The topological polar surface area (TPSA) is 68.8 Å². The fraction of sp³-hybridized carbons (Fsp3) is 0.111. The highest BCUT2D eigenvalue weighted by atomic mass is 15.3. The molecule has 0 aliphatic carbocycles. The first-order valence-corrected chi connectivity index (χ1v) is 7.48. The lowest BCUT2D eigenvalue weighted by atomic mass is 10.1. The molecule has 0 bridgehead atoms. The number of benzene rings is 2. The van der Waals surface area contributed by atoms with Gasteiger partial charge in [-0.25, -0.2) is 4.98 Å². The summed E-state index contributed by atoms with van der Waals surface area (Å²) in [6.45, 7) is 2.01. The molecular formula is C18H17N5. The van der Waals surface area contributed by atoms with Gasteiger partial charge in [-0.05, 0) is 37.3 Å². The molecule has 0 aliphatic rings. The van der Waals surface area contributed by atoms with Gasteiger partial charge in [0.05, 0.1) is 22.3 Å². The second-order valence-electron chi connectivity index (χ2n) is 5.66. The van der Waals surface area contributed by atoms with Crippen molar-refractivity contribution in [2.24, 2.45) is 7.05 Å². The number of aromatic nitrogens is 3. The number of fused-ring (bicyclic) bond motifs is 2. The van der Waals surface area contributed by atoms with Crippen LogP contribution in [0.1, 0.15) is 5.69 Å². The van der Waals surface area contributed by atoms with E-state index in [0.717, 1.165) is 44.7 Å². The van der Waals surface area contributed by atoms with E-state index in [1.807, 2.05) is 61.1 Å². The van der Waals surface area contributed by atoms with Crippen LogP contribution < -0.4 is 11.1 Å². The molecule has 0 fully saturated rings. The van der Waals surface area contributed by atoms with Gasteiger partial charge in [0.1, 0.15) is 0 Å². The summed E-state index contributed by atoms with van der Waals surface area (Å²) < 4.78 is 1.82. The van der Waals surface area contributed by atoms with Gasteiger partial charge < -0.3 is 11.1 Å². The molecule has 0 unspecified atom stereocenters. The molecule has 0 saturated heterocycles. The third-order valence-corrected chi connectivity index (χ3v) is 4.02. The Balaban J connectivity index is 2.02. The Hall–Kier alpha value is -3.08. The normalized spacial score (nSPS) is 11.2. The Morgan fingerprint density at radius 3 is 2.57 bits per heavy atom. The van der Waals surface area contributed by atoms with Crippen LogP contribution in [0.4, 0.5) is 17.1 Å². The van der Waals surface area contributed by atoms with Gasteiger partial charge in [0.15, 0.2) is 5.65 Å². The predicted molar refractivity (Wildman–Crippen MR) is 94.9 cm³/mol. The van der Waals surface area contributed by atoms with Crippen molar-refractivity contribution in [2.75, 3.05) is 11.1 Å². The van der Waals surface area contributed by atoms with E-state index in [1.54, 1.807) is 0 Å². The van der Waals surface area contributed by atoms with Crippen molar-refractivity contribution in [1.82, 2.24) is 14.8 Å². The van der Waals surface area contributed by atoms with Crippen LogP contribution in [0.3, 0.4) is 0 Å². The highest BCUT2D eigenvalue weighted by Crippen LogP contribution is 2.34. The largest absolute Gasteiger partial charge is 0.399 e. The molecule has 2 heterocycles. The average Bonchev–Trinajstić information content (AvgIpc) is 2.83. The van der Waals surface area contributed by atoms with Gasteiger partial charge in [0.25, 0.3) is 0 Å². The van der Waals surface area contributed by atoms with Crippen LogP contribution >= 0.6 is 0 Å². The summed E-state index contributed by atoms with van der Waals surface area (Å²) in [5.74, 6) is 0. The molecule has 23 heavy (non-hydrogen) atoms. The van der Waals surface area contributed by atoms with E-state index >= 15 is 0 Å². The molecule has 4 aromatic rings. The maximum absolute atomic E-state index is 5.78. The first-order valence-electron chi connectivity index (χ1n) is 7.48. The number of nitrogen functional groups attached to an aromatic ring is 1. The van der Waals surface area contributed by atoms with E-state index in [-0.39, 0.29) is 0 Å². The number of anilines is 3. The van der Waals surface area contributed by atoms with Gasteiger partial charge in [0, 0.05) is 23.8 Å². The second-order valence-corrected chi connectivity index (χ2v) is 5.66. The zero-order valence-corrected chi connectivity index (χ0v) is 13.0. The number of pyridine rings is 1. The SMILES string of the molecule is Cc1nn(C)c2nc3ccccc3c(Nc3ccc(N)cc3)c12. The van der Waals surface area contributed by atoms with Crippen molar-refractivity contribution >= 4 is 39.0 Å². The lowest BCUT2D eigenvalue weighted by Gasteiger charge is -2.12. The lowest BCUT2D eigenvalue weighted by Crippen LogP contribution is -1.97. The summed E-state index contributed by atoms with van der Waals surface area (Å²) in [4.78, 5) is 4.75. The minimum absolute atomic E-state index is 0.748. The minimum Gasteiger partial charge on any atom is -0.399 e. The van der Waals surface area contributed by atoms with Gasteiger partial charge in [-0.1, -0.05) is 18.2 Å². The number of aryl methyl sites for hydroxylation is 2. The number of hydrogen-bond acceptors (Lipinski definition) is 4. The Morgan fingerprint density at radius 1 is 1.04 bits per heavy atom. The van der Waals surface area contributed by atoms with Gasteiger partial charge in [-0.3, -0.25) is 4.68 Å². The van der Waals surface area contributed by atoms with Crippen molar-refractivity contribution in [3.63, 3.8) is 0 Å². The minimum atomic E-state index is 0.748. The summed E-state index contributed by atoms with van der Waals surface area (Å²) in [6.07, 6.45) is 0. The maximum atomic E-state index is 5.78. The molecule has 114 valence electrons. The Morgan fingerprint density at radius 2 is 1.78 bits per heavy atom. The number of nitrogens with one attached hydrogen (secondary N) is 1. The summed E-state index contributed by atoms with van der Waals surface area (Å²) in [6, 6.07) is 15.8. The molecule has 0 amide bonds. The van der Waals surface area contributed by atoms with Crippen LogP contribution in [-0.4, -0.2) is 14.8 Å². The Labute approximate surface area is 133 Å². The number of nitrogens with two attached hydrogens (primary N) is 1. The number of hydrogen-bond donors (Lipinski definition) is 2. The molecule has 0 saturated carbocycles. The van der Waals surface area contributed by atoms with E-state index in [1.165, 1.54) is 0 Å². The molecule has 5 heteroatoms. The van der Waals surface area contributed by atoms with E-state index in [2.05, 4.69) is 16.5 Å². The third-order valence-electron chi connectivity index (χ3n) is 4.02. The molecule has 0 spiro atoms. The van der Waals surface area contributed by atoms with E-state index in [9.17, 15) is 0 Å². The zero-order valence-electron chi connectivity index (χ0n) is 13.0. The second kappa shape index (κ2) is 4.98. The molecule has 0 atom stereocenters. The van der Waals surface area contributed by atoms with Crippen molar-refractivity contribution in [3.8, 4) is 0 Å². The first-order chi connectivity index (χ1) is 11.1. The van der Waals surface area contributed by atoms with Crippen LogP contribution in [0, 0.1) is 6.92 Å². The van der Waals surface area contributed by atoms with Crippen LogP contribution in [0.2, 0.25) is 0 Å². The van der Waals surface area contributed by atoms with E-state index in [0.29, 0.717) is 0 Å². The zero-order chi connectivity index (χ0) is 16.0. The number of para-hydroxylation sites is 1. The van der Waals surface area contributed by atoms with Crippen molar-refractivity contribution in [2.45, 2.75) is 6.92 Å². The quantitative estimate of drug-likeness (QED) is 0.553. The molecule has 4 rings (SSSR count). The van der Waals surface area contributed by atoms with Crippen LogP contribution in [0.15, 0.2) is 48.5 Å². The van der Waals surface area contributed by atoms with Crippen molar-refractivity contribution in [1.29, 1.82) is 0 Å². The summed E-state index contributed by atoms with van der Waals surface area (Å²) in [5, 5.41) is 10.2. The third kappa shape index (κ3) is 2.17. The molecule has 0 radical (unpaired) electrons. The van der Waals surface area contributed by atoms with E-state index < -0.39 is 0 Å². The molecule has 5 nitrogen and oxygen atoms in total.